The van der Waals surface area contributed by atoms with Crippen molar-refractivity contribution in [1.29, 1.82) is 0 Å². The van der Waals surface area contributed by atoms with Crippen molar-refractivity contribution in [2.24, 2.45) is 17.8 Å². The van der Waals surface area contributed by atoms with Gasteiger partial charge < -0.3 is 4.74 Å². The molecule has 0 unspecified atom stereocenters. The van der Waals surface area contributed by atoms with E-state index in [0.29, 0.717) is 11.5 Å². The molecule has 5 heteroatoms. The standard InChI is InChI=1S/C28H40F4O/c1-2-3-4-5-6-7-20-8-10-21(11-9-20)12-13-22-14-16-23(17-15-22)24-18-25(29)27(26(30)19-24)33-28(31)32/h3-4,18-23,28H,2,5-17H2,1H3. The molecule has 0 amide bonds. The second kappa shape index (κ2) is 13.4. The van der Waals surface area contributed by atoms with Gasteiger partial charge in [0, 0.05) is 0 Å². The van der Waals surface area contributed by atoms with Crippen LogP contribution < -0.4 is 4.74 Å². The van der Waals surface area contributed by atoms with Crippen LogP contribution in [0.5, 0.6) is 5.75 Å². The highest BCUT2D eigenvalue weighted by Gasteiger charge is 2.27. The minimum absolute atomic E-state index is 0.0912. The number of hydrogen-bond acceptors (Lipinski definition) is 1. The molecule has 0 N–H and O–H groups in total. The van der Waals surface area contributed by atoms with E-state index in [1.807, 2.05) is 0 Å². The molecule has 2 saturated carbocycles. The Morgan fingerprint density at radius 3 is 1.85 bits per heavy atom. The Labute approximate surface area is 197 Å². The maximum Gasteiger partial charge on any atom is 0.387 e. The molecular weight excluding hydrogens is 428 g/mol. The van der Waals surface area contributed by atoms with E-state index in [2.05, 4.69) is 23.8 Å². The van der Waals surface area contributed by atoms with Crippen LogP contribution in [0.25, 0.3) is 0 Å². The molecule has 0 aliphatic heterocycles. The third kappa shape index (κ3) is 8.33. The highest BCUT2D eigenvalue weighted by Crippen LogP contribution is 2.41. The molecule has 1 aromatic rings. The first-order chi connectivity index (χ1) is 16.0. The van der Waals surface area contributed by atoms with Gasteiger partial charge in [-0.05, 0) is 86.3 Å². The summed E-state index contributed by atoms with van der Waals surface area (Å²) >= 11 is 0. The molecule has 33 heavy (non-hydrogen) atoms. The predicted octanol–water partition coefficient (Wildman–Crippen LogP) is 9.56. The van der Waals surface area contributed by atoms with Crippen molar-refractivity contribution >= 4 is 0 Å². The van der Waals surface area contributed by atoms with E-state index < -0.39 is 24.0 Å². The molecular formula is C28H40F4O. The van der Waals surface area contributed by atoms with Crippen LogP contribution in [0.15, 0.2) is 24.3 Å². The van der Waals surface area contributed by atoms with Gasteiger partial charge in [0.2, 0.25) is 0 Å². The highest BCUT2D eigenvalue weighted by molar-refractivity contribution is 5.33. The maximum atomic E-state index is 14.1. The van der Waals surface area contributed by atoms with Crippen molar-refractivity contribution in [3.05, 3.63) is 41.5 Å². The van der Waals surface area contributed by atoms with E-state index in [1.54, 1.807) is 0 Å². The summed E-state index contributed by atoms with van der Waals surface area (Å²) in [4.78, 5) is 0. The number of halogens is 4. The summed E-state index contributed by atoms with van der Waals surface area (Å²) in [5.74, 6) is -0.491. The normalized spacial score (nSPS) is 26.2. The van der Waals surface area contributed by atoms with Gasteiger partial charge in [0.1, 0.15) is 0 Å². The van der Waals surface area contributed by atoms with Crippen molar-refractivity contribution in [2.75, 3.05) is 0 Å². The Morgan fingerprint density at radius 2 is 1.33 bits per heavy atom. The minimum Gasteiger partial charge on any atom is -0.429 e. The fraction of sp³-hybridized carbons (Fsp3) is 0.714. The van der Waals surface area contributed by atoms with Gasteiger partial charge in [-0.2, -0.15) is 8.78 Å². The van der Waals surface area contributed by atoms with Gasteiger partial charge in [-0.3, -0.25) is 0 Å². The lowest BCUT2D eigenvalue weighted by molar-refractivity contribution is -0.0546. The van der Waals surface area contributed by atoms with Crippen LogP contribution in [0.2, 0.25) is 0 Å². The minimum atomic E-state index is -3.24. The number of benzene rings is 1. The first kappa shape index (κ1) is 26.1. The Hall–Kier alpha value is -1.52. The third-order valence-electron chi connectivity index (χ3n) is 7.88. The predicted molar refractivity (Wildman–Crippen MR) is 126 cm³/mol. The average Bonchev–Trinajstić information content (AvgIpc) is 2.81. The van der Waals surface area contributed by atoms with E-state index in [-0.39, 0.29) is 5.92 Å². The number of alkyl halides is 2. The smallest absolute Gasteiger partial charge is 0.387 e. The molecule has 2 aliphatic carbocycles. The largest absolute Gasteiger partial charge is 0.429 e. The van der Waals surface area contributed by atoms with Gasteiger partial charge in [-0.15, -0.1) is 0 Å². The molecule has 1 aromatic carbocycles. The van der Waals surface area contributed by atoms with Crippen LogP contribution in [0.3, 0.4) is 0 Å². The van der Waals surface area contributed by atoms with E-state index in [4.69, 9.17) is 0 Å². The van der Waals surface area contributed by atoms with Crippen molar-refractivity contribution in [3.63, 3.8) is 0 Å². The summed E-state index contributed by atoms with van der Waals surface area (Å²) in [6.07, 6.45) is 21.7. The number of hydrogen-bond donors (Lipinski definition) is 0. The summed E-state index contributed by atoms with van der Waals surface area (Å²) in [6.45, 7) is -1.06. The van der Waals surface area contributed by atoms with Crippen LogP contribution in [-0.2, 0) is 0 Å². The van der Waals surface area contributed by atoms with Gasteiger partial charge in [-0.25, -0.2) is 8.78 Å². The Morgan fingerprint density at radius 1 is 0.818 bits per heavy atom. The second-order valence-electron chi connectivity index (χ2n) is 10.2. The second-order valence-corrected chi connectivity index (χ2v) is 10.2. The van der Waals surface area contributed by atoms with Crippen LogP contribution in [-0.4, -0.2) is 6.61 Å². The summed E-state index contributed by atoms with van der Waals surface area (Å²) < 4.78 is 56.8. The molecule has 0 heterocycles. The molecule has 2 aliphatic rings. The number of ether oxygens (including phenoxy) is 1. The molecule has 3 rings (SSSR count). The van der Waals surface area contributed by atoms with Crippen molar-refractivity contribution in [2.45, 2.75) is 109 Å². The molecule has 2 fully saturated rings. The lowest BCUT2D eigenvalue weighted by atomic mass is 9.74. The Bertz CT molecular complexity index is 708. The first-order valence-corrected chi connectivity index (χ1v) is 13.0. The highest BCUT2D eigenvalue weighted by atomic mass is 19.3. The fourth-order valence-corrected chi connectivity index (χ4v) is 5.89. The molecule has 0 saturated heterocycles. The van der Waals surface area contributed by atoms with Gasteiger partial charge in [0.15, 0.2) is 17.4 Å². The fourth-order valence-electron chi connectivity index (χ4n) is 5.89. The van der Waals surface area contributed by atoms with Gasteiger partial charge >= 0.3 is 6.61 Å². The maximum absolute atomic E-state index is 14.1. The van der Waals surface area contributed by atoms with E-state index >= 15 is 0 Å². The zero-order valence-corrected chi connectivity index (χ0v) is 20.0. The number of allylic oxidation sites excluding steroid dienone is 2. The molecule has 0 radical (unpaired) electrons. The third-order valence-corrected chi connectivity index (χ3v) is 7.88. The lowest BCUT2D eigenvalue weighted by Crippen LogP contribution is -2.18. The molecule has 1 nitrogen and oxygen atoms in total. The van der Waals surface area contributed by atoms with Crippen LogP contribution in [0.1, 0.15) is 108 Å². The summed E-state index contributed by atoms with van der Waals surface area (Å²) in [6, 6.07) is 2.34. The lowest BCUT2D eigenvalue weighted by Gasteiger charge is -2.32. The van der Waals surface area contributed by atoms with Crippen molar-refractivity contribution in [3.8, 4) is 5.75 Å². The van der Waals surface area contributed by atoms with E-state index in [1.165, 1.54) is 69.9 Å². The quantitative estimate of drug-likeness (QED) is 0.178. The van der Waals surface area contributed by atoms with Gasteiger partial charge in [0.05, 0.1) is 0 Å². The number of rotatable bonds is 11. The Balaban J connectivity index is 1.35. The molecule has 186 valence electrons. The molecule has 0 spiro atoms. The summed E-state index contributed by atoms with van der Waals surface area (Å²) in [7, 11) is 0. The first-order valence-electron chi connectivity index (χ1n) is 13.0. The monoisotopic (exact) mass is 468 g/mol. The molecule has 0 bridgehead atoms. The molecule has 0 aromatic heterocycles. The molecule has 0 atom stereocenters. The topological polar surface area (TPSA) is 9.23 Å². The van der Waals surface area contributed by atoms with Crippen molar-refractivity contribution < 1.29 is 22.3 Å². The number of unbranched alkanes of at least 4 members (excludes halogenated alkanes) is 1. The van der Waals surface area contributed by atoms with Crippen LogP contribution in [0.4, 0.5) is 17.6 Å². The zero-order chi connectivity index (χ0) is 23.6. The van der Waals surface area contributed by atoms with Crippen LogP contribution in [0, 0.1) is 29.4 Å². The Kier molecular flexibility index (Phi) is 10.6. The summed E-state index contributed by atoms with van der Waals surface area (Å²) in [5.41, 5.74) is 0.563. The van der Waals surface area contributed by atoms with E-state index in [0.717, 1.165) is 43.9 Å². The van der Waals surface area contributed by atoms with E-state index in [9.17, 15) is 17.6 Å². The summed E-state index contributed by atoms with van der Waals surface area (Å²) in [5, 5.41) is 0. The van der Waals surface area contributed by atoms with Gasteiger partial charge in [-0.1, -0.05) is 64.0 Å². The van der Waals surface area contributed by atoms with Crippen molar-refractivity contribution in [1.82, 2.24) is 0 Å². The van der Waals surface area contributed by atoms with Crippen LogP contribution >= 0.6 is 0 Å². The zero-order valence-electron chi connectivity index (χ0n) is 20.0. The SMILES string of the molecule is CCC=CCCCC1CCC(CCC2CCC(c3cc(F)c(OC(F)F)c(F)c3)CC2)CC1. The van der Waals surface area contributed by atoms with Gasteiger partial charge in [0.25, 0.3) is 0 Å². The average molecular weight is 469 g/mol.